The van der Waals surface area contributed by atoms with E-state index < -0.39 is 0 Å². The first-order valence-electron chi connectivity index (χ1n) is 6.37. The minimum atomic E-state index is -0.280. The van der Waals surface area contributed by atoms with E-state index in [-0.39, 0.29) is 11.7 Å². The van der Waals surface area contributed by atoms with Gasteiger partial charge in [-0.1, -0.05) is 0 Å². The molecule has 104 valence electrons. The van der Waals surface area contributed by atoms with Crippen molar-refractivity contribution in [3.8, 4) is 0 Å². The second-order valence-electron chi connectivity index (χ2n) is 4.70. The minimum Gasteiger partial charge on any atom is -0.388 e. The molecule has 4 heteroatoms. The Balaban J connectivity index is 2.19. The highest BCUT2D eigenvalue weighted by molar-refractivity contribution is 6.04. The number of halogens is 1. The highest BCUT2D eigenvalue weighted by atomic mass is 19.1. The zero-order valence-electron chi connectivity index (χ0n) is 11.8. The molecule has 0 radical (unpaired) electrons. The first kappa shape index (κ1) is 14.1. The maximum absolute atomic E-state index is 13.2. The van der Waals surface area contributed by atoms with Crippen LogP contribution < -0.4 is 10.6 Å². The van der Waals surface area contributed by atoms with Gasteiger partial charge in [0, 0.05) is 24.0 Å². The number of amides is 1. The first-order valence-corrected chi connectivity index (χ1v) is 6.37. The summed E-state index contributed by atoms with van der Waals surface area (Å²) in [5, 5.41) is 5.82. The minimum absolute atomic E-state index is 0.207. The molecule has 0 aromatic heterocycles. The lowest BCUT2D eigenvalue weighted by Crippen LogP contribution is -2.12. The molecule has 0 spiro atoms. The fraction of sp³-hybridized carbons (Fsp3) is 0.188. The monoisotopic (exact) mass is 272 g/mol. The summed E-state index contributed by atoms with van der Waals surface area (Å²) in [5.41, 5.74) is 3.65. The molecule has 0 unspecified atom stereocenters. The lowest BCUT2D eigenvalue weighted by atomic mass is 10.1. The fourth-order valence-electron chi connectivity index (χ4n) is 2.01. The number of benzene rings is 2. The topological polar surface area (TPSA) is 41.1 Å². The fourth-order valence-corrected chi connectivity index (χ4v) is 2.01. The summed E-state index contributed by atoms with van der Waals surface area (Å²) in [5.74, 6) is -0.487. The third kappa shape index (κ3) is 2.96. The summed E-state index contributed by atoms with van der Waals surface area (Å²) in [6, 6.07) is 9.94. The lowest BCUT2D eigenvalue weighted by Gasteiger charge is -2.09. The van der Waals surface area contributed by atoms with Crippen molar-refractivity contribution < 1.29 is 9.18 Å². The second-order valence-corrected chi connectivity index (χ2v) is 4.70. The van der Waals surface area contributed by atoms with Crippen LogP contribution >= 0.6 is 0 Å². The smallest absolute Gasteiger partial charge is 0.255 e. The average molecular weight is 272 g/mol. The van der Waals surface area contributed by atoms with Crippen molar-refractivity contribution in [3.05, 3.63) is 58.9 Å². The second kappa shape index (κ2) is 5.74. The summed E-state index contributed by atoms with van der Waals surface area (Å²) in [4.78, 5) is 12.1. The summed E-state index contributed by atoms with van der Waals surface area (Å²) in [7, 11) is 1.84. The predicted octanol–water partition coefficient (Wildman–Crippen LogP) is 3.74. The third-order valence-electron chi connectivity index (χ3n) is 3.17. The van der Waals surface area contributed by atoms with Crippen LogP contribution in [0.2, 0.25) is 0 Å². The van der Waals surface area contributed by atoms with Gasteiger partial charge in [-0.2, -0.15) is 0 Å². The molecule has 3 nitrogen and oxygen atoms in total. The molecule has 0 saturated carbocycles. The van der Waals surface area contributed by atoms with E-state index in [0.29, 0.717) is 16.8 Å². The zero-order chi connectivity index (χ0) is 14.7. The van der Waals surface area contributed by atoms with Crippen molar-refractivity contribution in [3.63, 3.8) is 0 Å². The highest BCUT2D eigenvalue weighted by Gasteiger charge is 2.08. The number of aryl methyl sites for hydroxylation is 2. The Morgan fingerprint density at radius 3 is 2.40 bits per heavy atom. The number of hydrogen-bond donors (Lipinski definition) is 2. The number of hydrogen-bond acceptors (Lipinski definition) is 2. The molecule has 0 saturated heterocycles. The summed E-state index contributed by atoms with van der Waals surface area (Å²) < 4.78 is 13.2. The van der Waals surface area contributed by atoms with Crippen LogP contribution in [-0.4, -0.2) is 13.0 Å². The largest absolute Gasteiger partial charge is 0.388 e. The molecule has 0 bridgehead atoms. The highest BCUT2D eigenvalue weighted by Crippen LogP contribution is 2.18. The Bertz CT molecular complexity index is 653. The van der Waals surface area contributed by atoms with E-state index in [4.69, 9.17) is 0 Å². The van der Waals surface area contributed by atoms with Crippen LogP contribution in [0.15, 0.2) is 36.4 Å². The Morgan fingerprint density at radius 1 is 1.05 bits per heavy atom. The number of nitrogens with one attached hydrogen (secondary N) is 2. The van der Waals surface area contributed by atoms with Crippen molar-refractivity contribution in [1.82, 2.24) is 0 Å². The molecule has 0 aliphatic carbocycles. The molecule has 20 heavy (non-hydrogen) atoms. The molecule has 2 N–H and O–H groups in total. The molecule has 0 aliphatic rings. The molecule has 0 heterocycles. The van der Waals surface area contributed by atoms with E-state index in [9.17, 15) is 9.18 Å². The van der Waals surface area contributed by atoms with Gasteiger partial charge in [0.1, 0.15) is 5.82 Å². The molecule has 0 fully saturated rings. The number of carbonyl (C=O) groups excluding carboxylic acids is 1. The van der Waals surface area contributed by atoms with E-state index in [2.05, 4.69) is 10.6 Å². The Morgan fingerprint density at radius 2 is 1.80 bits per heavy atom. The summed E-state index contributed by atoms with van der Waals surface area (Å²) >= 11 is 0. The normalized spacial score (nSPS) is 10.2. The van der Waals surface area contributed by atoms with Gasteiger partial charge in [-0.15, -0.1) is 0 Å². The Kier molecular flexibility index (Phi) is 4.03. The van der Waals surface area contributed by atoms with Crippen LogP contribution in [0, 0.1) is 19.7 Å². The van der Waals surface area contributed by atoms with Gasteiger partial charge in [0.2, 0.25) is 0 Å². The molecule has 2 aromatic carbocycles. The van der Waals surface area contributed by atoms with Crippen molar-refractivity contribution in [2.45, 2.75) is 13.8 Å². The quantitative estimate of drug-likeness (QED) is 0.893. The first-order chi connectivity index (χ1) is 9.51. The molecule has 1 amide bonds. The summed E-state index contributed by atoms with van der Waals surface area (Å²) in [6.07, 6.45) is 0. The number of carbonyl (C=O) groups is 1. The average Bonchev–Trinajstić information content (AvgIpc) is 2.42. The SMILES string of the molecule is CNc1ccc(C(=O)Nc2ccc(F)c(C)c2)cc1C. The lowest BCUT2D eigenvalue weighted by molar-refractivity contribution is 0.102. The van der Waals surface area contributed by atoms with E-state index in [1.54, 1.807) is 25.1 Å². The predicted molar refractivity (Wildman–Crippen MR) is 79.8 cm³/mol. The number of anilines is 2. The molecular formula is C16H17FN2O. The van der Waals surface area contributed by atoms with E-state index in [1.807, 2.05) is 26.1 Å². The van der Waals surface area contributed by atoms with Crippen LogP contribution in [0.25, 0.3) is 0 Å². The molecule has 0 atom stereocenters. The van der Waals surface area contributed by atoms with E-state index in [1.165, 1.54) is 6.07 Å². The maximum atomic E-state index is 13.2. The van der Waals surface area contributed by atoms with Gasteiger partial charge in [-0.3, -0.25) is 4.79 Å². The van der Waals surface area contributed by atoms with E-state index in [0.717, 1.165) is 11.3 Å². The van der Waals surface area contributed by atoms with E-state index >= 15 is 0 Å². The van der Waals surface area contributed by atoms with Crippen LogP contribution in [0.3, 0.4) is 0 Å². The third-order valence-corrected chi connectivity index (χ3v) is 3.17. The Hall–Kier alpha value is -2.36. The van der Waals surface area contributed by atoms with Crippen LogP contribution in [0.5, 0.6) is 0 Å². The molecule has 2 aromatic rings. The Labute approximate surface area is 117 Å². The van der Waals surface area contributed by atoms with Crippen molar-refractivity contribution >= 4 is 17.3 Å². The van der Waals surface area contributed by atoms with Gasteiger partial charge in [-0.25, -0.2) is 4.39 Å². The van der Waals surface area contributed by atoms with Crippen LogP contribution in [-0.2, 0) is 0 Å². The van der Waals surface area contributed by atoms with Gasteiger partial charge in [0.15, 0.2) is 0 Å². The van der Waals surface area contributed by atoms with Gasteiger partial charge in [0.05, 0.1) is 0 Å². The van der Waals surface area contributed by atoms with Gasteiger partial charge >= 0.3 is 0 Å². The zero-order valence-corrected chi connectivity index (χ0v) is 11.8. The maximum Gasteiger partial charge on any atom is 0.255 e. The van der Waals surface area contributed by atoms with Crippen molar-refractivity contribution in [2.75, 3.05) is 17.7 Å². The van der Waals surface area contributed by atoms with Crippen LogP contribution in [0.4, 0.5) is 15.8 Å². The molecule has 2 rings (SSSR count). The summed E-state index contributed by atoms with van der Waals surface area (Å²) in [6.45, 7) is 3.60. The number of rotatable bonds is 3. The van der Waals surface area contributed by atoms with Gasteiger partial charge in [0.25, 0.3) is 5.91 Å². The van der Waals surface area contributed by atoms with Crippen LogP contribution in [0.1, 0.15) is 21.5 Å². The van der Waals surface area contributed by atoms with Gasteiger partial charge in [-0.05, 0) is 61.4 Å². The molecular weight excluding hydrogens is 255 g/mol. The van der Waals surface area contributed by atoms with Crippen molar-refractivity contribution in [2.24, 2.45) is 0 Å². The standard InChI is InChI=1S/C16H17FN2O/c1-10-9-13(5-6-14(10)17)19-16(20)12-4-7-15(18-3)11(2)8-12/h4-9,18H,1-3H3,(H,19,20). The van der Waals surface area contributed by atoms with Crippen molar-refractivity contribution in [1.29, 1.82) is 0 Å². The van der Waals surface area contributed by atoms with Gasteiger partial charge < -0.3 is 10.6 Å². The molecule has 0 aliphatic heterocycles.